The first kappa shape index (κ1) is 23.3. The maximum absolute atomic E-state index is 6.04. The molecule has 1 atom stereocenters. The number of aromatic nitrogens is 1. The Morgan fingerprint density at radius 3 is 2.32 bits per heavy atom. The number of terminal acetylenes is 1. The molecule has 2 nitrogen and oxygen atoms in total. The van der Waals surface area contributed by atoms with Crippen molar-refractivity contribution in [2.45, 2.75) is 44.9 Å². The first-order chi connectivity index (χ1) is 16.6. The number of rotatable bonds is 9. The van der Waals surface area contributed by atoms with Crippen LogP contribution in [0.2, 0.25) is 0 Å². The first-order valence-electron chi connectivity index (χ1n) is 12.0. The van der Waals surface area contributed by atoms with E-state index in [9.17, 15) is 0 Å². The number of para-hydroxylation sites is 1. The highest BCUT2D eigenvalue weighted by molar-refractivity contribution is 5.68. The highest BCUT2D eigenvalue weighted by Gasteiger charge is 2.23. The van der Waals surface area contributed by atoms with Gasteiger partial charge < -0.3 is 4.74 Å². The quantitative estimate of drug-likeness (QED) is 0.243. The molecular weight excluding hydrogens is 414 g/mol. The van der Waals surface area contributed by atoms with E-state index >= 15 is 0 Å². The standard InChI is InChI=1S/C32H31NO/c1-4-25-13-9-10-18-30(25)26-20-22-27(23-21-26)32(3,5-2)24-12-15-28-14-11-19-31(33-28)34-29-16-7-6-8-17-29/h2,6-11,13-14,16-23H,4,12,15,24H2,1,3H3. The molecule has 3 aromatic carbocycles. The fourth-order valence-electron chi connectivity index (χ4n) is 4.31. The van der Waals surface area contributed by atoms with Gasteiger partial charge in [0.2, 0.25) is 5.88 Å². The van der Waals surface area contributed by atoms with Crippen LogP contribution < -0.4 is 4.74 Å². The lowest BCUT2D eigenvalue weighted by Gasteiger charge is -2.24. The van der Waals surface area contributed by atoms with Crippen molar-refractivity contribution in [3.8, 4) is 35.1 Å². The fourth-order valence-corrected chi connectivity index (χ4v) is 4.31. The monoisotopic (exact) mass is 445 g/mol. The average molecular weight is 446 g/mol. The number of hydrogen-bond donors (Lipinski definition) is 0. The SMILES string of the molecule is C#CC(C)(CCCc1cccc(Oc2ccccc2)n1)c1ccc(-c2ccccc2CC)cc1. The summed E-state index contributed by atoms with van der Waals surface area (Å²) in [5, 5.41) is 0. The Kier molecular flexibility index (Phi) is 7.45. The number of hydrogen-bond acceptors (Lipinski definition) is 2. The summed E-state index contributed by atoms with van der Waals surface area (Å²) in [5.74, 6) is 4.47. The van der Waals surface area contributed by atoms with Gasteiger partial charge in [-0.2, -0.15) is 0 Å². The first-order valence-corrected chi connectivity index (χ1v) is 12.0. The number of aryl methyl sites for hydroxylation is 2. The highest BCUT2D eigenvalue weighted by Crippen LogP contribution is 2.32. The molecule has 0 radical (unpaired) electrons. The van der Waals surface area contributed by atoms with E-state index in [0.29, 0.717) is 5.88 Å². The molecule has 0 aliphatic carbocycles. The fraction of sp³-hybridized carbons (Fsp3) is 0.219. The van der Waals surface area contributed by atoms with Crippen molar-refractivity contribution in [3.63, 3.8) is 0 Å². The van der Waals surface area contributed by atoms with Gasteiger partial charge in [-0.25, -0.2) is 4.98 Å². The molecule has 0 aliphatic rings. The van der Waals surface area contributed by atoms with E-state index in [1.165, 1.54) is 22.3 Å². The van der Waals surface area contributed by atoms with Crippen molar-refractivity contribution in [1.29, 1.82) is 0 Å². The third kappa shape index (κ3) is 5.56. The second kappa shape index (κ2) is 10.9. The lowest BCUT2D eigenvalue weighted by molar-refractivity contribution is 0.459. The predicted molar refractivity (Wildman–Crippen MR) is 141 cm³/mol. The molecule has 1 aromatic heterocycles. The molecule has 4 aromatic rings. The summed E-state index contributed by atoms with van der Waals surface area (Å²) in [7, 11) is 0. The van der Waals surface area contributed by atoms with Gasteiger partial charge in [-0.3, -0.25) is 0 Å². The zero-order valence-corrected chi connectivity index (χ0v) is 20.0. The summed E-state index contributed by atoms with van der Waals surface area (Å²) >= 11 is 0. The maximum Gasteiger partial charge on any atom is 0.219 e. The van der Waals surface area contributed by atoms with Gasteiger partial charge in [-0.05, 0) is 73.1 Å². The zero-order chi connectivity index (χ0) is 23.8. The van der Waals surface area contributed by atoms with Crippen LogP contribution in [0.5, 0.6) is 11.6 Å². The third-order valence-electron chi connectivity index (χ3n) is 6.41. The Morgan fingerprint density at radius 2 is 1.59 bits per heavy atom. The molecule has 0 spiro atoms. The maximum atomic E-state index is 6.04. The van der Waals surface area contributed by atoms with Gasteiger partial charge in [0.25, 0.3) is 0 Å². The second-order valence-corrected chi connectivity index (χ2v) is 8.80. The summed E-state index contributed by atoms with van der Waals surface area (Å²) in [4.78, 5) is 4.67. The Labute approximate surface area is 203 Å². The van der Waals surface area contributed by atoms with E-state index in [0.717, 1.165) is 37.1 Å². The number of benzene rings is 3. The van der Waals surface area contributed by atoms with E-state index < -0.39 is 0 Å². The predicted octanol–water partition coefficient (Wildman–Crippen LogP) is 8.02. The van der Waals surface area contributed by atoms with Gasteiger partial charge in [0, 0.05) is 11.8 Å². The highest BCUT2D eigenvalue weighted by atomic mass is 16.5. The van der Waals surface area contributed by atoms with Crippen LogP contribution in [0, 0.1) is 12.3 Å². The zero-order valence-electron chi connectivity index (χ0n) is 20.0. The molecule has 0 fully saturated rings. The Bertz CT molecular complexity index is 1250. The molecule has 0 saturated carbocycles. The second-order valence-electron chi connectivity index (χ2n) is 8.80. The van der Waals surface area contributed by atoms with Crippen LogP contribution in [0.4, 0.5) is 0 Å². The van der Waals surface area contributed by atoms with Crippen LogP contribution in [0.3, 0.4) is 0 Å². The number of ether oxygens (including phenoxy) is 1. The van der Waals surface area contributed by atoms with E-state index in [-0.39, 0.29) is 5.41 Å². The van der Waals surface area contributed by atoms with Crippen LogP contribution in [0.1, 0.15) is 43.5 Å². The number of pyridine rings is 1. The van der Waals surface area contributed by atoms with Crippen molar-refractivity contribution >= 4 is 0 Å². The van der Waals surface area contributed by atoms with Gasteiger partial charge in [0.05, 0.1) is 5.41 Å². The molecule has 2 heteroatoms. The third-order valence-corrected chi connectivity index (χ3v) is 6.41. The Balaban J connectivity index is 1.41. The summed E-state index contributed by atoms with van der Waals surface area (Å²) in [6, 6.07) is 33.0. The molecule has 1 heterocycles. The summed E-state index contributed by atoms with van der Waals surface area (Å²) < 4.78 is 5.88. The van der Waals surface area contributed by atoms with E-state index in [4.69, 9.17) is 11.2 Å². The van der Waals surface area contributed by atoms with E-state index in [1.807, 2.05) is 48.5 Å². The van der Waals surface area contributed by atoms with Crippen LogP contribution in [-0.2, 0) is 18.3 Å². The topological polar surface area (TPSA) is 22.1 Å². The van der Waals surface area contributed by atoms with Crippen molar-refractivity contribution in [1.82, 2.24) is 4.98 Å². The smallest absolute Gasteiger partial charge is 0.219 e. The lowest BCUT2D eigenvalue weighted by atomic mass is 9.78. The van der Waals surface area contributed by atoms with Crippen molar-refractivity contribution in [2.75, 3.05) is 0 Å². The van der Waals surface area contributed by atoms with Crippen molar-refractivity contribution < 1.29 is 4.74 Å². The molecule has 0 aliphatic heterocycles. The van der Waals surface area contributed by atoms with E-state index in [1.54, 1.807) is 0 Å². The van der Waals surface area contributed by atoms with Gasteiger partial charge >= 0.3 is 0 Å². The minimum Gasteiger partial charge on any atom is -0.439 e. The molecule has 0 amide bonds. The summed E-state index contributed by atoms with van der Waals surface area (Å²) in [6.07, 6.45) is 9.75. The molecule has 1 unspecified atom stereocenters. The molecule has 34 heavy (non-hydrogen) atoms. The van der Waals surface area contributed by atoms with Gasteiger partial charge in [0.1, 0.15) is 5.75 Å². The van der Waals surface area contributed by atoms with Crippen LogP contribution in [-0.4, -0.2) is 4.98 Å². The largest absolute Gasteiger partial charge is 0.439 e. The Morgan fingerprint density at radius 1 is 0.853 bits per heavy atom. The Hall–Kier alpha value is -3.83. The molecule has 0 N–H and O–H groups in total. The molecule has 170 valence electrons. The lowest BCUT2D eigenvalue weighted by Crippen LogP contribution is -2.19. The summed E-state index contributed by atoms with van der Waals surface area (Å²) in [5.41, 5.74) is 5.77. The van der Waals surface area contributed by atoms with Gasteiger partial charge in [0.15, 0.2) is 0 Å². The molecule has 0 saturated heterocycles. The van der Waals surface area contributed by atoms with Crippen LogP contribution in [0.15, 0.2) is 97.1 Å². The summed E-state index contributed by atoms with van der Waals surface area (Å²) in [6.45, 7) is 4.35. The molecule has 0 bridgehead atoms. The molecular formula is C32H31NO. The molecule has 4 rings (SSSR count). The van der Waals surface area contributed by atoms with Crippen molar-refractivity contribution in [2.24, 2.45) is 0 Å². The van der Waals surface area contributed by atoms with Crippen LogP contribution in [0.25, 0.3) is 11.1 Å². The minimum atomic E-state index is -0.318. The van der Waals surface area contributed by atoms with Crippen LogP contribution >= 0.6 is 0 Å². The number of nitrogens with zero attached hydrogens (tertiary/aromatic N) is 1. The minimum absolute atomic E-state index is 0.318. The van der Waals surface area contributed by atoms with Gasteiger partial charge in [-0.1, -0.05) is 85.6 Å². The normalized spacial score (nSPS) is 12.5. The van der Waals surface area contributed by atoms with E-state index in [2.05, 4.69) is 73.3 Å². The average Bonchev–Trinajstić information content (AvgIpc) is 2.89. The van der Waals surface area contributed by atoms with Crippen molar-refractivity contribution in [3.05, 3.63) is 114 Å². The van der Waals surface area contributed by atoms with Gasteiger partial charge in [-0.15, -0.1) is 6.42 Å².